The van der Waals surface area contributed by atoms with Crippen LogP contribution in [0, 0.1) is 0 Å². The molecule has 2 aliphatic rings. The Bertz CT molecular complexity index is 804. The highest BCUT2D eigenvalue weighted by Gasteiger charge is 2.24. The van der Waals surface area contributed by atoms with Crippen LogP contribution in [-0.4, -0.2) is 27.2 Å². The summed E-state index contributed by atoms with van der Waals surface area (Å²) < 4.78 is 0. The van der Waals surface area contributed by atoms with Crippen LogP contribution in [0.5, 0.6) is 0 Å². The van der Waals surface area contributed by atoms with Crippen LogP contribution in [0.15, 0.2) is 18.2 Å². The van der Waals surface area contributed by atoms with Gasteiger partial charge >= 0.3 is 0 Å². The molecular formula is C20H23Cl2N3O. The Kier molecular flexibility index (Phi) is 5.35. The van der Waals surface area contributed by atoms with E-state index in [4.69, 9.17) is 33.2 Å². The summed E-state index contributed by atoms with van der Waals surface area (Å²) in [5.41, 5.74) is 3.19. The molecule has 1 aromatic heterocycles. The highest BCUT2D eigenvalue weighted by molar-refractivity contribution is 6.36. The van der Waals surface area contributed by atoms with Gasteiger partial charge in [0.15, 0.2) is 5.82 Å². The van der Waals surface area contributed by atoms with E-state index in [1.807, 2.05) is 12.1 Å². The summed E-state index contributed by atoms with van der Waals surface area (Å²) in [6.07, 6.45) is 7.81. The maximum absolute atomic E-state index is 9.75. The maximum Gasteiger partial charge on any atom is 0.163 e. The highest BCUT2D eigenvalue weighted by Crippen LogP contribution is 2.33. The number of benzene rings is 1. The third-order valence-electron chi connectivity index (χ3n) is 5.39. The van der Waals surface area contributed by atoms with Crippen LogP contribution < -0.4 is 5.32 Å². The number of hydrogen-bond acceptors (Lipinski definition) is 4. The molecular weight excluding hydrogens is 369 g/mol. The molecule has 6 heteroatoms. The van der Waals surface area contributed by atoms with Crippen molar-refractivity contribution >= 4 is 29.0 Å². The fourth-order valence-electron chi connectivity index (χ4n) is 3.92. The summed E-state index contributed by atoms with van der Waals surface area (Å²) in [5.74, 6) is 1.60. The number of aryl methyl sites for hydroxylation is 1. The quantitative estimate of drug-likeness (QED) is 0.768. The van der Waals surface area contributed by atoms with Gasteiger partial charge in [-0.3, -0.25) is 0 Å². The van der Waals surface area contributed by atoms with E-state index in [1.54, 1.807) is 6.07 Å². The molecule has 1 heterocycles. The SMILES string of the molecule is OC1CCC(Nc2nc(-c3ccc(Cl)cc3Cl)nc3c2CCCC3)CC1. The lowest BCUT2D eigenvalue weighted by atomic mass is 9.92. The number of hydrogen-bond donors (Lipinski definition) is 2. The second-order valence-electron chi connectivity index (χ2n) is 7.30. The number of aliphatic hydroxyl groups excluding tert-OH is 1. The average Bonchev–Trinajstić information content (AvgIpc) is 2.63. The normalized spacial score (nSPS) is 22.7. The van der Waals surface area contributed by atoms with Gasteiger partial charge in [0.1, 0.15) is 5.82 Å². The Balaban J connectivity index is 1.70. The Morgan fingerprint density at radius 1 is 1.00 bits per heavy atom. The predicted octanol–water partition coefficient (Wildman–Crippen LogP) is 5.04. The first-order valence-corrected chi connectivity index (χ1v) is 10.2. The molecule has 4 nitrogen and oxygen atoms in total. The minimum absolute atomic E-state index is 0.157. The Labute approximate surface area is 164 Å². The van der Waals surface area contributed by atoms with Gasteiger partial charge < -0.3 is 10.4 Å². The molecule has 2 N–H and O–H groups in total. The van der Waals surface area contributed by atoms with Crippen molar-refractivity contribution in [3.05, 3.63) is 39.5 Å². The fourth-order valence-corrected chi connectivity index (χ4v) is 4.41. The molecule has 0 aliphatic heterocycles. The van der Waals surface area contributed by atoms with Gasteiger partial charge in [0.2, 0.25) is 0 Å². The average molecular weight is 392 g/mol. The molecule has 2 aromatic rings. The van der Waals surface area contributed by atoms with Crippen LogP contribution in [0.3, 0.4) is 0 Å². The van der Waals surface area contributed by atoms with E-state index in [0.717, 1.165) is 62.0 Å². The first-order valence-electron chi connectivity index (χ1n) is 9.40. The number of nitrogens with zero attached hydrogens (tertiary/aromatic N) is 2. The van der Waals surface area contributed by atoms with Crippen LogP contribution >= 0.6 is 23.2 Å². The van der Waals surface area contributed by atoms with Gasteiger partial charge in [0.25, 0.3) is 0 Å². The third kappa shape index (κ3) is 3.83. The second kappa shape index (κ2) is 7.71. The van der Waals surface area contributed by atoms with Crippen molar-refractivity contribution < 1.29 is 5.11 Å². The minimum atomic E-state index is -0.157. The zero-order chi connectivity index (χ0) is 18.1. The summed E-state index contributed by atoms with van der Waals surface area (Å²) in [4.78, 5) is 9.67. The number of nitrogens with one attached hydrogen (secondary N) is 1. The van der Waals surface area contributed by atoms with Crippen molar-refractivity contribution in [2.75, 3.05) is 5.32 Å². The van der Waals surface area contributed by atoms with Crippen molar-refractivity contribution in [1.29, 1.82) is 0 Å². The van der Waals surface area contributed by atoms with Crippen LogP contribution in [-0.2, 0) is 12.8 Å². The fraction of sp³-hybridized carbons (Fsp3) is 0.500. The second-order valence-corrected chi connectivity index (χ2v) is 8.15. The van der Waals surface area contributed by atoms with Gasteiger partial charge in [-0.15, -0.1) is 0 Å². The van der Waals surface area contributed by atoms with E-state index in [1.165, 1.54) is 12.0 Å². The highest BCUT2D eigenvalue weighted by atomic mass is 35.5. The standard InChI is InChI=1S/C20H23Cl2N3O/c21-12-5-10-15(17(22)11-12)19-24-18-4-2-1-3-16(18)20(25-19)23-13-6-8-14(26)9-7-13/h5,10-11,13-14,26H,1-4,6-9H2,(H,23,24,25). The summed E-state index contributed by atoms with van der Waals surface area (Å²) in [6.45, 7) is 0. The molecule has 0 radical (unpaired) electrons. The van der Waals surface area contributed by atoms with Crippen molar-refractivity contribution in [3.8, 4) is 11.4 Å². The lowest BCUT2D eigenvalue weighted by molar-refractivity contribution is 0.126. The van der Waals surface area contributed by atoms with Crippen LogP contribution in [0.4, 0.5) is 5.82 Å². The summed E-state index contributed by atoms with van der Waals surface area (Å²) in [5, 5.41) is 14.6. The predicted molar refractivity (Wildman–Crippen MR) is 106 cm³/mol. The Morgan fingerprint density at radius 2 is 1.77 bits per heavy atom. The molecule has 4 rings (SSSR count). The van der Waals surface area contributed by atoms with Gasteiger partial charge in [-0.05, 0) is 69.6 Å². The van der Waals surface area contributed by atoms with E-state index in [9.17, 15) is 5.11 Å². The lowest BCUT2D eigenvalue weighted by Gasteiger charge is -2.28. The monoisotopic (exact) mass is 391 g/mol. The molecule has 0 bridgehead atoms. The largest absolute Gasteiger partial charge is 0.393 e. The number of aromatic nitrogens is 2. The number of anilines is 1. The van der Waals surface area contributed by atoms with Gasteiger partial charge in [0.05, 0.1) is 11.1 Å². The zero-order valence-electron chi connectivity index (χ0n) is 14.6. The van der Waals surface area contributed by atoms with Crippen molar-refractivity contribution in [3.63, 3.8) is 0 Å². The van der Waals surface area contributed by atoms with Crippen molar-refractivity contribution in [2.45, 2.75) is 63.5 Å². The number of halogens is 2. The van der Waals surface area contributed by atoms with Crippen molar-refractivity contribution in [1.82, 2.24) is 9.97 Å². The minimum Gasteiger partial charge on any atom is -0.393 e. The van der Waals surface area contributed by atoms with E-state index in [2.05, 4.69) is 5.32 Å². The molecule has 0 atom stereocenters. The molecule has 138 valence electrons. The van der Waals surface area contributed by atoms with Crippen molar-refractivity contribution in [2.24, 2.45) is 0 Å². The summed E-state index contributed by atoms with van der Waals surface area (Å²) >= 11 is 12.4. The number of aliphatic hydroxyl groups is 1. The third-order valence-corrected chi connectivity index (χ3v) is 5.94. The van der Waals surface area contributed by atoms with E-state index in [0.29, 0.717) is 21.9 Å². The van der Waals surface area contributed by atoms with Gasteiger partial charge in [-0.1, -0.05) is 23.2 Å². The Hall–Kier alpha value is -1.36. The smallest absolute Gasteiger partial charge is 0.163 e. The molecule has 0 spiro atoms. The summed E-state index contributed by atoms with van der Waals surface area (Å²) in [7, 11) is 0. The van der Waals surface area contributed by atoms with E-state index >= 15 is 0 Å². The molecule has 1 fully saturated rings. The molecule has 0 unspecified atom stereocenters. The summed E-state index contributed by atoms with van der Waals surface area (Å²) in [6, 6.07) is 5.79. The van der Waals surface area contributed by atoms with E-state index in [-0.39, 0.29) is 6.10 Å². The zero-order valence-corrected chi connectivity index (χ0v) is 16.2. The molecule has 0 amide bonds. The molecule has 1 aromatic carbocycles. The van der Waals surface area contributed by atoms with Gasteiger partial charge in [-0.25, -0.2) is 9.97 Å². The Morgan fingerprint density at radius 3 is 2.54 bits per heavy atom. The van der Waals surface area contributed by atoms with Crippen LogP contribution in [0.2, 0.25) is 10.0 Å². The van der Waals surface area contributed by atoms with Gasteiger partial charge in [-0.2, -0.15) is 0 Å². The first kappa shape index (κ1) is 18.0. The molecule has 1 saturated carbocycles. The van der Waals surface area contributed by atoms with E-state index < -0.39 is 0 Å². The van der Waals surface area contributed by atoms with Crippen LogP contribution in [0.1, 0.15) is 49.8 Å². The maximum atomic E-state index is 9.75. The first-order chi connectivity index (χ1) is 12.6. The van der Waals surface area contributed by atoms with Crippen LogP contribution in [0.25, 0.3) is 11.4 Å². The lowest BCUT2D eigenvalue weighted by Crippen LogP contribution is -2.29. The molecule has 0 saturated heterocycles. The number of fused-ring (bicyclic) bond motifs is 1. The van der Waals surface area contributed by atoms with Gasteiger partial charge in [0, 0.05) is 27.9 Å². The molecule has 2 aliphatic carbocycles. The molecule has 26 heavy (non-hydrogen) atoms. The topological polar surface area (TPSA) is 58.0 Å². The number of rotatable bonds is 3.